The van der Waals surface area contributed by atoms with Crippen molar-refractivity contribution in [2.75, 3.05) is 19.6 Å². The summed E-state index contributed by atoms with van der Waals surface area (Å²) in [6.45, 7) is 2.15. The highest BCUT2D eigenvalue weighted by atomic mass is 16.2. The van der Waals surface area contributed by atoms with Gasteiger partial charge in [0.2, 0.25) is 11.8 Å². The van der Waals surface area contributed by atoms with Crippen molar-refractivity contribution in [3.8, 4) is 0 Å². The van der Waals surface area contributed by atoms with E-state index in [1.165, 1.54) is 6.42 Å². The SMILES string of the molecule is O=C(NCCN1CCCCC1=O)C1CCC1. The number of amides is 2. The number of nitrogens with zero attached hydrogens (tertiary/aromatic N) is 1. The van der Waals surface area contributed by atoms with Crippen LogP contribution < -0.4 is 5.32 Å². The highest BCUT2D eigenvalue weighted by Gasteiger charge is 2.25. The molecule has 1 aliphatic carbocycles. The molecule has 0 aromatic heterocycles. The quantitative estimate of drug-likeness (QED) is 0.772. The molecular formula is C12H20N2O2. The average Bonchev–Trinajstić information content (AvgIpc) is 2.18. The third-order valence-electron chi connectivity index (χ3n) is 3.58. The Labute approximate surface area is 96.4 Å². The first-order chi connectivity index (χ1) is 7.77. The molecule has 0 aromatic carbocycles. The van der Waals surface area contributed by atoms with Crippen LogP contribution in [0.25, 0.3) is 0 Å². The van der Waals surface area contributed by atoms with Gasteiger partial charge in [-0.1, -0.05) is 6.42 Å². The van der Waals surface area contributed by atoms with Crippen LogP contribution in [0.2, 0.25) is 0 Å². The highest BCUT2D eigenvalue weighted by molar-refractivity contribution is 5.79. The predicted octanol–water partition coefficient (Wildman–Crippen LogP) is 0.915. The second kappa shape index (κ2) is 5.32. The van der Waals surface area contributed by atoms with Gasteiger partial charge in [0.05, 0.1) is 0 Å². The van der Waals surface area contributed by atoms with Gasteiger partial charge < -0.3 is 10.2 Å². The topological polar surface area (TPSA) is 49.4 Å². The molecule has 4 heteroatoms. The van der Waals surface area contributed by atoms with Crippen molar-refractivity contribution in [1.29, 1.82) is 0 Å². The molecule has 2 amide bonds. The molecule has 1 heterocycles. The summed E-state index contributed by atoms with van der Waals surface area (Å²) >= 11 is 0. The van der Waals surface area contributed by atoms with E-state index in [0.29, 0.717) is 19.5 Å². The van der Waals surface area contributed by atoms with Crippen LogP contribution in [0.4, 0.5) is 0 Å². The Hall–Kier alpha value is -1.06. The minimum absolute atomic E-state index is 0.177. The standard InChI is InChI=1S/C12H20N2O2/c15-11-6-1-2-8-14(11)9-7-13-12(16)10-4-3-5-10/h10H,1-9H2,(H,13,16). The van der Waals surface area contributed by atoms with E-state index < -0.39 is 0 Å². The Bertz CT molecular complexity index is 274. The molecule has 0 unspecified atom stereocenters. The fourth-order valence-electron chi connectivity index (χ4n) is 2.23. The Morgan fingerprint density at radius 2 is 2.12 bits per heavy atom. The van der Waals surface area contributed by atoms with Crippen LogP contribution in [0.1, 0.15) is 38.5 Å². The zero-order chi connectivity index (χ0) is 11.4. The first kappa shape index (κ1) is 11.4. The smallest absolute Gasteiger partial charge is 0.223 e. The molecule has 1 saturated heterocycles. The predicted molar refractivity (Wildman–Crippen MR) is 60.8 cm³/mol. The molecule has 1 aliphatic heterocycles. The Morgan fingerprint density at radius 3 is 2.75 bits per heavy atom. The van der Waals surface area contributed by atoms with Gasteiger partial charge in [0.1, 0.15) is 0 Å². The van der Waals surface area contributed by atoms with E-state index >= 15 is 0 Å². The van der Waals surface area contributed by atoms with E-state index in [0.717, 1.165) is 32.2 Å². The van der Waals surface area contributed by atoms with E-state index in [-0.39, 0.29) is 17.7 Å². The second-order valence-corrected chi connectivity index (χ2v) is 4.76. The van der Waals surface area contributed by atoms with Gasteiger partial charge in [-0.3, -0.25) is 9.59 Å². The molecule has 0 spiro atoms. The minimum Gasteiger partial charge on any atom is -0.354 e. The normalized spacial score (nSPS) is 21.8. The van der Waals surface area contributed by atoms with Gasteiger partial charge in [0.15, 0.2) is 0 Å². The Morgan fingerprint density at radius 1 is 1.31 bits per heavy atom. The number of nitrogens with one attached hydrogen (secondary N) is 1. The van der Waals surface area contributed by atoms with Gasteiger partial charge in [-0.25, -0.2) is 0 Å². The van der Waals surface area contributed by atoms with Crippen molar-refractivity contribution in [3.05, 3.63) is 0 Å². The van der Waals surface area contributed by atoms with Crippen LogP contribution in [-0.4, -0.2) is 36.3 Å². The number of carbonyl (C=O) groups excluding carboxylic acids is 2. The van der Waals surface area contributed by atoms with Crippen molar-refractivity contribution in [1.82, 2.24) is 10.2 Å². The van der Waals surface area contributed by atoms with Crippen LogP contribution in [-0.2, 0) is 9.59 Å². The summed E-state index contributed by atoms with van der Waals surface area (Å²) in [6.07, 6.45) is 6.05. The third kappa shape index (κ3) is 2.74. The lowest BCUT2D eigenvalue weighted by atomic mass is 9.85. The molecule has 90 valence electrons. The van der Waals surface area contributed by atoms with Crippen molar-refractivity contribution in [3.63, 3.8) is 0 Å². The van der Waals surface area contributed by atoms with Crippen LogP contribution in [0.5, 0.6) is 0 Å². The molecule has 0 radical (unpaired) electrons. The van der Waals surface area contributed by atoms with E-state index in [1.54, 1.807) is 0 Å². The molecule has 2 aliphatic rings. The van der Waals surface area contributed by atoms with Gasteiger partial charge in [0.25, 0.3) is 0 Å². The molecule has 0 bridgehead atoms. The minimum atomic E-state index is 0.177. The molecule has 0 atom stereocenters. The van der Waals surface area contributed by atoms with Crippen molar-refractivity contribution in [2.45, 2.75) is 38.5 Å². The fourth-order valence-corrected chi connectivity index (χ4v) is 2.23. The summed E-state index contributed by atoms with van der Waals surface area (Å²) in [6, 6.07) is 0. The van der Waals surface area contributed by atoms with Crippen molar-refractivity contribution in [2.24, 2.45) is 5.92 Å². The van der Waals surface area contributed by atoms with Crippen LogP contribution in [0, 0.1) is 5.92 Å². The third-order valence-corrected chi connectivity index (χ3v) is 3.58. The van der Waals surface area contributed by atoms with Gasteiger partial charge in [-0.05, 0) is 25.7 Å². The zero-order valence-corrected chi connectivity index (χ0v) is 9.71. The van der Waals surface area contributed by atoms with Crippen LogP contribution in [0.3, 0.4) is 0 Å². The first-order valence-corrected chi connectivity index (χ1v) is 6.33. The van der Waals surface area contributed by atoms with Crippen LogP contribution >= 0.6 is 0 Å². The van der Waals surface area contributed by atoms with E-state index in [4.69, 9.17) is 0 Å². The zero-order valence-electron chi connectivity index (χ0n) is 9.71. The monoisotopic (exact) mass is 224 g/mol. The van der Waals surface area contributed by atoms with Gasteiger partial charge in [-0.15, -0.1) is 0 Å². The average molecular weight is 224 g/mol. The maximum Gasteiger partial charge on any atom is 0.223 e. The number of likely N-dealkylation sites (tertiary alicyclic amines) is 1. The largest absolute Gasteiger partial charge is 0.354 e. The summed E-state index contributed by atoms with van der Waals surface area (Å²) in [5.41, 5.74) is 0. The van der Waals surface area contributed by atoms with Gasteiger partial charge in [0, 0.05) is 32.0 Å². The van der Waals surface area contributed by atoms with Crippen LogP contribution in [0.15, 0.2) is 0 Å². The van der Waals surface area contributed by atoms with E-state index in [9.17, 15) is 9.59 Å². The lowest BCUT2D eigenvalue weighted by Crippen LogP contribution is -2.43. The lowest BCUT2D eigenvalue weighted by molar-refractivity contribution is -0.134. The van der Waals surface area contributed by atoms with Gasteiger partial charge >= 0.3 is 0 Å². The highest BCUT2D eigenvalue weighted by Crippen LogP contribution is 2.25. The molecular weight excluding hydrogens is 204 g/mol. The second-order valence-electron chi connectivity index (χ2n) is 4.76. The molecule has 2 fully saturated rings. The van der Waals surface area contributed by atoms with E-state index in [1.807, 2.05) is 4.90 Å². The molecule has 2 rings (SSSR count). The van der Waals surface area contributed by atoms with Gasteiger partial charge in [-0.2, -0.15) is 0 Å². The number of hydrogen-bond donors (Lipinski definition) is 1. The molecule has 16 heavy (non-hydrogen) atoms. The maximum absolute atomic E-state index is 11.5. The first-order valence-electron chi connectivity index (χ1n) is 6.33. The molecule has 4 nitrogen and oxygen atoms in total. The number of hydrogen-bond acceptors (Lipinski definition) is 2. The number of carbonyl (C=O) groups is 2. The molecule has 1 N–H and O–H groups in total. The summed E-state index contributed by atoms with van der Waals surface area (Å²) in [4.78, 5) is 24.9. The number of piperidine rings is 1. The molecule has 1 saturated carbocycles. The molecule has 0 aromatic rings. The maximum atomic E-state index is 11.5. The van der Waals surface area contributed by atoms with E-state index in [2.05, 4.69) is 5.32 Å². The summed E-state index contributed by atoms with van der Waals surface area (Å²) < 4.78 is 0. The Balaban J connectivity index is 1.63. The summed E-state index contributed by atoms with van der Waals surface area (Å²) in [5.74, 6) is 0.664. The van der Waals surface area contributed by atoms with Crippen molar-refractivity contribution < 1.29 is 9.59 Å². The fraction of sp³-hybridized carbons (Fsp3) is 0.833. The Kier molecular flexibility index (Phi) is 3.80. The summed E-state index contributed by atoms with van der Waals surface area (Å²) in [7, 11) is 0. The lowest BCUT2D eigenvalue weighted by Gasteiger charge is -2.28. The van der Waals surface area contributed by atoms with Crippen molar-refractivity contribution >= 4 is 11.8 Å². The summed E-state index contributed by atoms with van der Waals surface area (Å²) in [5, 5.41) is 2.92. The number of rotatable bonds is 4.